The Balaban J connectivity index is 1.57. The van der Waals surface area contributed by atoms with Crippen LogP contribution in [0.4, 0.5) is 11.5 Å². The zero-order valence-corrected chi connectivity index (χ0v) is 17.8. The average Bonchev–Trinajstić information content (AvgIpc) is 3.18. The third-order valence-corrected chi connectivity index (χ3v) is 6.36. The fourth-order valence-electron chi connectivity index (χ4n) is 4.47. The van der Waals surface area contributed by atoms with E-state index in [2.05, 4.69) is 37.9 Å². The Labute approximate surface area is 185 Å². The predicted molar refractivity (Wildman–Crippen MR) is 128 cm³/mol. The maximum atomic E-state index is 6.32. The predicted octanol–water partition coefficient (Wildman–Crippen LogP) is 4.90. The first-order chi connectivity index (χ1) is 15.7. The molecule has 1 fully saturated rings. The van der Waals surface area contributed by atoms with E-state index in [-0.39, 0.29) is 0 Å². The summed E-state index contributed by atoms with van der Waals surface area (Å²) < 4.78 is 2.11. The molecule has 0 amide bonds. The molecule has 0 bridgehead atoms. The summed E-state index contributed by atoms with van der Waals surface area (Å²) in [6, 6.07) is 14.1. The Bertz CT molecular complexity index is 1450. The minimum atomic E-state index is 0.475. The van der Waals surface area contributed by atoms with E-state index in [4.69, 9.17) is 15.7 Å². The van der Waals surface area contributed by atoms with Crippen LogP contribution in [-0.4, -0.2) is 31.4 Å². The lowest BCUT2D eigenvalue weighted by Gasteiger charge is -2.23. The van der Waals surface area contributed by atoms with E-state index in [0.29, 0.717) is 11.7 Å². The number of imidazole rings is 1. The van der Waals surface area contributed by atoms with E-state index >= 15 is 0 Å². The van der Waals surface area contributed by atoms with E-state index in [1.165, 1.54) is 19.3 Å². The smallest absolute Gasteiger partial charge is 0.150 e. The number of hydrogen-bond donors (Lipinski definition) is 2. The highest BCUT2D eigenvalue weighted by Gasteiger charge is 2.27. The Morgan fingerprint density at radius 3 is 2.66 bits per heavy atom. The molecule has 7 nitrogen and oxygen atoms in total. The average molecular weight is 422 g/mol. The Morgan fingerprint density at radius 1 is 1.00 bits per heavy atom. The van der Waals surface area contributed by atoms with Crippen molar-refractivity contribution in [2.24, 2.45) is 0 Å². The molecule has 1 aliphatic carbocycles. The van der Waals surface area contributed by atoms with Crippen molar-refractivity contribution in [2.75, 3.05) is 18.1 Å². The van der Waals surface area contributed by atoms with E-state index in [1.54, 1.807) is 12.4 Å². The van der Waals surface area contributed by atoms with Gasteiger partial charge in [0.15, 0.2) is 0 Å². The Kier molecular flexibility index (Phi) is 4.28. The van der Waals surface area contributed by atoms with Crippen LogP contribution >= 0.6 is 0 Å². The number of benzene rings is 1. The molecule has 3 N–H and O–H groups in total. The Morgan fingerprint density at radius 2 is 1.91 bits per heavy atom. The van der Waals surface area contributed by atoms with E-state index in [0.717, 1.165) is 50.6 Å². The normalized spacial score (nSPS) is 14.0. The second-order valence-corrected chi connectivity index (χ2v) is 8.23. The minimum absolute atomic E-state index is 0.475. The molecule has 158 valence electrons. The maximum absolute atomic E-state index is 6.32. The molecule has 32 heavy (non-hydrogen) atoms. The summed E-state index contributed by atoms with van der Waals surface area (Å²) in [5.74, 6) is 2.04. The number of aromatic nitrogens is 5. The van der Waals surface area contributed by atoms with Gasteiger partial charge in [-0.1, -0.05) is 24.6 Å². The van der Waals surface area contributed by atoms with Crippen molar-refractivity contribution < 1.29 is 0 Å². The molecule has 1 saturated carbocycles. The number of rotatable bonds is 4. The van der Waals surface area contributed by atoms with Crippen LogP contribution in [0.15, 0.2) is 61.1 Å². The van der Waals surface area contributed by atoms with Crippen molar-refractivity contribution in [2.45, 2.75) is 25.2 Å². The van der Waals surface area contributed by atoms with Crippen LogP contribution in [0.3, 0.4) is 0 Å². The van der Waals surface area contributed by atoms with Gasteiger partial charge < -0.3 is 11.1 Å². The molecule has 6 rings (SSSR count). The third kappa shape index (κ3) is 2.89. The Hall–Kier alpha value is -4.00. The molecular formula is C25H23N7. The standard InChI is InChI=1S/C25H23N7/c1-27-19-14-21(18-7-2-3-10-28-18)30-20-13-16(8-9-17(19)20)22-23-24(26)29-11-12-32(23)25(31-22)15-5-4-6-15/h2-3,7-15H,4-6H2,1H3,(H2,26,29)(H,27,30). The van der Waals surface area contributed by atoms with Gasteiger partial charge in [-0.25, -0.2) is 15.0 Å². The van der Waals surface area contributed by atoms with Gasteiger partial charge in [-0.15, -0.1) is 0 Å². The van der Waals surface area contributed by atoms with E-state index in [9.17, 15) is 0 Å². The number of hydrogen-bond acceptors (Lipinski definition) is 6. The number of nitrogen functional groups attached to an aromatic ring is 1. The van der Waals surface area contributed by atoms with Crippen molar-refractivity contribution >= 4 is 27.9 Å². The molecule has 0 saturated heterocycles. The third-order valence-electron chi connectivity index (χ3n) is 6.36. The van der Waals surface area contributed by atoms with Gasteiger partial charge >= 0.3 is 0 Å². The first-order valence-corrected chi connectivity index (χ1v) is 10.9. The number of pyridine rings is 2. The number of nitrogens with one attached hydrogen (secondary N) is 1. The lowest BCUT2D eigenvalue weighted by atomic mass is 9.85. The highest BCUT2D eigenvalue weighted by molar-refractivity contribution is 5.97. The summed E-state index contributed by atoms with van der Waals surface area (Å²) in [4.78, 5) is 18.8. The molecule has 4 heterocycles. The van der Waals surface area contributed by atoms with Gasteiger partial charge in [0.2, 0.25) is 0 Å². The quantitative estimate of drug-likeness (QED) is 0.429. The second kappa shape index (κ2) is 7.30. The van der Waals surface area contributed by atoms with E-state index < -0.39 is 0 Å². The zero-order valence-electron chi connectivity index (χ0n) is 17.8. The zero-order chi connectivity index (χ0) is 21.7. The fraction of sp³-hybridized carbons (Fsp3) is 0.200. The van der Waals surface area contributed by atoms with Gasteiger partial charge in [0, 0.05) is 48.2 Å². The van der Waals surface area contributed by atoms with Crippen LogP contribution in [0.1, 0.15) is 31.0 Å². The summed E-state index contributed by atoms with van der Waals surface area (Å²) in [6.07, 6.45) is 9.08. The van der Waals surface area contributed by atoms with Gasteiger partial charge in [-0.2, -0.15) is 0 Å². The van der Waals surface area contributed by atoms with Gasteiger partial charge in [0.05, 0.1) is 16.9 Å². The van der Waals surface area contributed by atoms with Gasteiger partial charge in [0.25, 0.3) is 0 Å². The molecule has 0 spiro atoms. The minimum Gasteiger partial charge on any atom is -0.388 e. The first kappa shape index (κ1) is 18.7. The second-order valence-electron chi connectivity index (χ2n) is 8.23. The molecule has 7 heteroatoms. The van der Waals surface area contributed by atoms with Crippen LogP contribution in [-0.2, 0) is 0 Å². The molecule has 1 aromatic carbocycles. The summed E-state index contributed by atoms with van der Waals surface area (Å²) in [5, 5.41) is 4.34. The summed E-state index contributed by atoms with van der Waals surface area (Å²) in [7, 11) is 1.92. The molecular weight excluding hydrogens is 398 g/mol. The molecule has 0 radical (unpaired) electrons. The lowest BCUT2D eigenvalue weighted by molar-refractivity contribution is 0.400. The molecule has 0 aliphatic heterocycles. The monoisotopic (exact) mass is 421 g/mol. The van der Waals surface area contributed by atoms with Crippen molar-refractivity contribution in [3.8, 4) is 22.6 Å². The van der Waals surface area contributed by atoms with Crippen molar-refractivity contribution in [1.29, 1.82) is 0 Å². The van der Waals surface area contributed by atoms with E-state index in [1.807, 2.05) is 37.5 Å². The molecule has 1 aliphatic rings. The molecule has 5 aromatic rings. The maximum Gasteiger partial charge on any atom is 0.150 e. The molecule has 0 atom stereocenters. The van der Waals surface area contributed by atoms with Crippen LogP contribution in [0.2, 0.25) is 0 Å². The SMILES string of the molecule is CNc1cc(-c2ccccn2)nc2cc(-c3nc(C4CCC4)n4ccnc(N)c34)ccc12. The van der Waals surface area contributed by atoms with Gasteiger partial charge in [-0.05, 0) is 37.1 Å². The number of fused-ring (bicyclic) bond motifs is 2. The van der Waals surface area contributed by atoms with Crippen molar-refractivity contribution in [3.05, 3.63) is 66.9 Å². The summed E-state index contributed by atoms with van der Waals surface area (Å²) in [6.45, 7) is 0. The van der Waals surface area contributed by atoms with Crippen LogP contribution in [0.25, 0.3) is 39.1 Å². The number of nitrogens with two attached hydrogens (primary N) is 1. The first-order valence-electron chi connectivity index (χ1n) is 10.9. The topological polar surface area (TPSA) is 94.0 Å². The van der Waals surface area contributed by atoms with Crippen molar-refractivity contribution in [1.82, 2.24) is 24.3 Å². The summed E-state index contributed by atoms with van der Waals surface area (Å²) >= 11 is 0. The summed E-state index contributed by atoms with van der Waals surface area (Å²) in [5.41, 5.74) is 12.6. The van der Waals surface area contributed by atoms with Crippen LogP contribution in [0, 0.1) is 0 Å². The highest BCUT2D eigenvalue weighted by Crippen LogP contribution is 2.40. The number of nitrogens with zero attached hydrogens (tertiary/aromatic N) is 5. The lowest BCUT2D eigenvalue weighted by Crippen LogP contribution is -2.12. The highest BCUT2D eigenvalue weighted by atomic mass is 15.1. The largest absolute Gasteiger partial charge is 0.388 e. The fourth-order valence-corrected chi connectivity index (χ4v) is 4.47. The van der Waals surface area contributed by atoms with Gasteiger partial charge in [-0.3, -0.25) is 9.38 Å². The van der Waals surface area contributed by atoms with Crippen LogP contribution in [0.5, 0.6) is 0 Å². The van der Waals surface area contributed by atoms with Gasteiger partial charge in [0.1, 0.15) is 22.9 Å². The van der Waals surface area contributed by atoms with Crippen molar-refractivity contribution in [3.63, 3.8) is 0 Å². The molecule has 0 unspecified atom stereocenters. The molecule has 4 aromatic heterocycles. The number of anilines is 2. The van der Waals surface area contributed by atoms with Crippen LogP contribution < -0.4 is 11.1 Å².